The Hall–Kier alpha value is -1.32. The van der Waals surface area contributed by atoms with Crippen molar-refractivity contribution < 1.29 is 14.6 Å². The zero-order chi connectivity index (χ0) is 12.5. The number of methoxy groups -OCH3 is 1. The highest BCUT2D eigenvalue weighted by Gasteiger charge is 2.55. The van der Waals surface area contributed by atoms with Gasteiger partial charge in [-0.25, -0.2) is 0 Å². The Bertz CT molecular complexity index is 415. The molecule has 17 heavy (non-hydrogen) atoms. The fourth-order valence-electron chi connectivity index (χ4n) is 2.21. The van der Waals surface area contributed by atoms with Crippen LogP contribution in [0.5, 0.6) is 0 Å². The maximum absolute atomic E-state index is 10.8. The zero-order valence-electron chi connectivity index (χ0n) is 10.4. The molecule has 3 unspecified atom stereocenters. The predicted molar refractivity (Wildman–Crippen MR) is 65.1 cm³/mol. The van der Waals surface area contributed by atoms with Crippen molar-refractivity contribution in [3.05, 3.63) is 48.2 Å². The molecule has 1 aliphatic heterocycles. The molecule has 0 fully saturated rings. The van der Waals surface area contributed by atoms with Gasteiger partial charge in [0.25, 0.3) is 5.79 Å². The fourth-order valence-corrected chi connectivity index (χ4v) is 2.21. The van der Waals surface area contributed by atoms with Crippen molar-refractivity contribution in [2.24, 2.45) is 5.92 Å². The number of rotatable bonds is 2. The van der Waals surface area contributed by atoms with Gasteiger partial charge in [0.15, 0.2) is 0 Å². The van der Waals surface area contributed by atoms with E-state index >= 15 is 0 Å². The standard InChI is InChI=1S/C14H18O3/c1-11-9-10-17-14(15,13(11,2)16-3)12-7-5-4-6-8-12/h4-11,15H,1-3H3. The lowest BCUT2D eigenvalue weighted by molar-refractivity contribution is -0.307. The number of hydrogen-bond donors (Lipinski definition) is 1. The van der Waals surface area contributed by atoms with Gasteiger partial charge < -0.3 is 14.6 Å². The summed E-state index contributed by atoms with van der Waals surface area (Å²) in [6, 6.07) is 9.32. The Kier molecular flexibility index (Phi) is 2.98. The quantitative estimate of drug-likeness (QED) is 0.854. The van der Waals surface area contributed by atoms with Gasteiger partial charge in [-0.05, 0) is 13.0 Å². The molecule has 1 aromatic rings. The van der Waals surface area contributed by atoms with Gasteiger partial charge in [-0.3, -0.25) is 0 Å². The highest BCUT2D eigenvalue weighted by molar-refractivity contribution is 5.26. The Morgan fingerprint density at radius 3 is 2.53 bits per heavy atom. The van der Waals surface area contributed by atoms with Crippen LogP contribution in [0.3, 0.4) is 0 Å². The van der Waals surface area contributed by atoms with Crippen LogP contribution in [0.1, 0.15) is 19.4 Å². The molecule has 0 saturated heterocycles. The summed E-state index contributed by atoms with van der Waals surface area (Å²) in [6.07, 6.45) is 3.43. The summed E-state index contributed by atoms with van der Waals surface area (Å²) in [5.74, 6) is -1.41. The SMILES string of the molecule is COC1(C)C(C)C=COC1(O)c1ccccc1. The molecule has 0 amide bonds. The summed E-state index contributed by atoms with van der Waals surface area (Å²) in [6.45, 7) is 3.85. The Labute approximate surface area is 102 Å². The predicted octanol–water partition coefficient (Wildman–Crippen LogP) is 2.42. The van der Waals surface area contributed by atoms with Gasteiger partial charge >= 0.3 is 0 Å². The van der Waals surface area contributed by atoms with Crippen LogP contribution in [0, 0.1) is 5.92 Å². The van der Waals surface area contributed by atoms with Gasteiger partial charge in [0.05, 0.1) is 6.26 Å². The van der Waals surface area contributed by atoms with E-state index in [1.807, 2.05) is 50.3 Å². The molecule has 3 atom stereocenters. The van der Waals surface area contributed by atoms with Crippen LogP contribution < -0.4 is 0 Å². The molecule has 1 N–H and O–H groups in total. The van der Waals surface area contributed by atoms with Crippen LogP contribution in [0.2, 0.25) is 0 Å². The van der Waals surface area contributed by atoms with Gasteiger partial charge in [0.2, 0.25) is 0 Å². The van der Waals surface area contributed by atoms with Crippen molar-refractivity contribution in [1.82, 2.24) is 0 Å². The summed E-state index contributed by atoms with van der Waals surface area (Å²) < 4.78 is 11.0. The van der Waals surface area contributed by atoms with Crippen LogP contribution in [-0.2, 0) is 15.3 Å². The molecule has 0 saturated carbocycles. The number of benzene rings is 1. The Morgan fingerprint density at radius 2 is 1.94 bits per heavy atom. The topological polar surface area (TPSA) is 38.7 Å². The van der Waals surface area contributed by atoms with Crippen molar-refractivity contribution in [3.63, 3.8) is 0 Å². The lowest BCUT2D eigenvalue weighted by atomic mass is 9.78. The average Bonchev–Trinajstić information content (AvgIpc) is 2.37. The summed E-state index contributed by atoms with van der Waals surface area (Å²) in [5, 5.41) is 10.8. The highest BCUT2D eigenvalue weighted by atomic mass is 16.7. The van der Waals surface area contributed by atoms with Crippen molar-refractivity contribution >= 4 is 0 Å². The summed E-state index contributed by atoms with van der Waals surface area (Å²) in [7, 11) is 1.59. The third-order valence-corrected chi connectivity index (χ3v) is 3.74. The molecule has 1 aliphatic rings. The van der Waals surface area contributed by atoms with Crippen molar-refractivity contribution in [1.29, 1.82) is 0 Å². The van der Waals surface area contributed by atoms with Gasteiger partial charge in [0, 0.05) is 18.6 Å². The first kappa shape index (κ1) is 12.1. The monoisotopic (exact) mass is 234 g/mol. The maximum atomic E-state index is 10.8. The zero-order valence-corrected chi connectivity index (χ0v) is 10.4. The van der Waals surface area contributed by atoms with Crippen molar-refractivity contribution in [2.75, 3.05) is 7.11 Å². The lowest BCUT2D eigenvalue weighted by Gasteiger charge is -2.47. The molecule has 1 aromatic carbocycles. The van der Waals surface area contributed by atoms with E-state index in [4.69, 9.17) is 9.47 Å². The number of hydrogen-bond acceptors (Lipinski definition) is 3. The molecule has 0 aromatic heterocycles. The molecule has 0 spiro atoms. The van der Waals surface area contributed by atoms with E-state index in [9.17, 15) is 5.11 Å². The minimum Gasteiger partial charge on any atom is -0.463 e. The largest absolute Gasteiger partial charge is 0.463 e. The summed E-state index contributed by atoms with van der Waals surface area (Å²) >= 11 is 0. The minimum absolute atomic E-state index is 0.0476. The van der Waals surface area contributed by atoms with Gasteiger partial charge in [-0.15, -0.1) is 0 Å². The molecule has 92 valence electrons. The first-order chi connectivity index (χ1) is 8.04. The number of ether oxygens (including phenoxy) is 2. The van der Waals surface area contributed by atoms with Crippen molar-refractivity contribution in [3.8, 4) is 0 Å². The third kappa shape index (κ3) is 1.66. The molecular formula is C14H18O3. The maximum Gasteiger partial charge on any atom is 0.263 e. The van der Waals surface area contributed by atoms with E-state index in [2.05, 4.69) is 0 Å². The molecule has 2 rings (SSSR count). The average molecular weight is 234 g/mol. The highest BCUT2D eigenvalue weighted by Crippen LogP contribution is 2.44. The molecule has 0 aliphatic carbocycles. The van der Waals surface area contributed by atoms with Gasteiger partial charge in [0.1, 0.15) is 5.60 Å². The van der Waals surface area contributed by atoms with E-state index in [-0.39, 0.29) is 5.92 Å². The van der Waals surface area contributed by atoms with E-state index in [1.54, 1.807) is 13.4 Å². The molecule has 3 heteroatoms. The van der Waals surface area contributed by atoms with E-state index in [0.717, 1.165) is 0 Å². The van der Waals surface area contributed by atoms with Crippen molar-refractivity contribution in [2.45, 2.75) is 25.2 Å². The van der Waals surface area contributed by atoms with E-state index in [1.165, 1.54) is 0 Å². The lowest BCUT2D eigenvalue weighted by Crippen LogP contribution is -2.57. The second-order valence-corrected chi connectivity index (χ2v) is 4.56. The Morgan fingerprint density at radius 1 is 1.29 bits per heavy atom. The van der Waals surface area contributed by atoms with Crippen LogP contribution in [0.4, 0.5) is 0 Å². The summed E-state index contributed by atoms with van der Waals surface area (Å²) in [4.78, 5) is 0. The number of aliphatic hydroxyl groups is 1. The molecule has 0 radical (unpaired) electrons. The minimum atomic E-state index is -1.46. The summed E-state index contributed by atoms with van der Waals surface area (Å²) in [5.41, 5.74) is -0.121. The van der Waals surface area contributed by atoms with Crippen LogP contribution in [-0.4, -0.2) is 17.8 Å². The second kappa shape index (κ2) is 4.17. The third-order valence-electron chi connectivity index (χ3n) is 3.74. The van der Waals surface area contributed by atoms with Crippen LogP contribution in [0.15, 0.2) is 42.7 Å². The molecule has 0 bridgehead atoms. The van der Waals surface area contributed by atoms with Crippen LogP contribution in [0.25, 0.3) is 0 Å². The van der Waals surface area contributed by atoms with E-state index < -0.39 is 11.4 Å². The molecule has 1 heterocycles. The normalized spacial score (nSPS) is 36.6. The van der Waals surface area contributed by atoms with E-state index in [0.29, 0.717) is 5.56 Å². The van der Waals surface area contributed by atoms with Gasteiger partial charge in [-0.2, -0.15) is 0 Å². The first-order valence-electron chi connectivity index (χ1n) is 5.72. The molecule has 3 nitrogen and oxygen atoms in total. The first-order valence-corrected chi connectivity index (χ1v) is 5.72. The smallest absolute Gasteiger partial charge is 0.263 e. The molecular weight excluding hydrogens is 216 g/mol. The Balaban J connectivity index is 2.52. The fraction of sp³-hybridized carbons (Fsp3) is 0.429. The van der Waals surface area contributed by atoms with Crippen LogP contribution >= 0.6 is 0 Å². The second-order valence-electron chi connectivity index (χ2n) is 4.56. The van der Waals surface area contributed by atoms with Gasteiger partial charge in [-0.1, -0.05) is 37.3 Å².